The third-order valence-electron chi connectivity index (χ3n) is 3.01. The maximum absolute atomic E-state index is 6.00. The van der Waals surface area contributed by atoms with Crippen molar-refractivity contribution in [2.75, 3.05) is 7.11 Å². The predicted octanol–water partition coefficient (Wildman–Crippen LogP) is 5.62. The van der Waals surface area contributed by atoms with Gasteiger partial charge in [0.05, 0.1) is 18.0 Å². The van der Waals surface area contributed by atoms with E-state index in [1.54, 1.807) is 7.11 Å². The minimum atomic E-state index is 0.0396. The Morgan fingerprint density at radius 3 is 2.29 bits per heavy atom. The molecule has 1 unspecified atom stereocenters. The zero-order valence-corrected chi connectivity index (χ0v) is 14.6. The number of methoxy groups -OCH3 is 1. The number of hydrogen-bond donors (Lipinski definition) is 0. The molecular formula is C17H18BrClO2. The Bertz CT molecular complexity index is 596. The lowest BCUT2D eigenvalue weighted by Gasteiger charge is -2.16. The molecule has 0 saturated heterocycles. The highest BCUT2D eigenvalue weighted by atomic mass is 79.9. The van der Waals surface area contributed by atoms with Gasteiger partial charge in [0.1, 0.15) is 11.5 Å². The highest BCUT2D eigenvalue weighted by Gasteiger charge is 2.15. The van der Waals surface area contributed by atoms with Crippen molar-refractivity contribution < 1.29 is 9.47 Å². The molecule has 1 atom stereocenters. The highest BCUT2D eigenvalue weighted by Crippen LogP contribution is 2.38. The van der Waals surface area contributed by atoms with Gasteiger partial charge in [0.15, 0.2) is 0 Å². The molecule has 0 spiro atoms. The second-order valence-electron chi connectivity index (χ2n) is 4.98. The van der Waals surface area contributed by atoms with Crippen LogP contribution in [-0.4, -0.2) is 13.2 Å². The molecule has 0 heterocycles. The topological polar surface area (TPSA) is 18.5 Å². The SMILES string of the molecule is COc1cc(Cl)ccc1C(Br)c1ccc(OC(C)C)cc1. The van der Waals surface area contributed by atoms with Gasteiger partial charge in [-0.15, -0.1) is 0 Å². The number of rotatable bonds is 5. The van der Waals surface area contributed by atoms with Crippen LogP contribution in [0, 0.1) is 0 Å². The number of alkyl halides is 1. The van der Waals surface area contributed by atoms with Gasteiger partial charge in [-0.25, -0.2) is 0 Å². The van der Waals surface area contributed by atoms with Gasteiger partial charge >= 0.3 is 0 Å². The molecule has 0 radical (unpaired) electrons. The molecule has 2 aromatic rings. The minimum absolute atomic E-state index is 0.0396. The van der Waals surface area contributed by atoms with Gasteiger partial charge in [-0.3, -0.25) is 0 Å². The van der Waals surface area contributed by atoms with Crippen LogP contribution in [0.5, 0.6) is 11.5 Å². The van der Waals surface area contributed by atoms with Crippen molar-refractivity contribution >= 4 is 27.5 Å². The molecule has 2 nitrogen and oxygen atoms in total. The van der Waals surface area contributed by atoms with Crippen molar-refractivity contribution in [2.45, 2.75) is 24.8 Å². The van der Waals surface area contributed by atoms with Crippen LogP contribution in [0.15, 0.2) is 42.5 Å². The summed E-state index contributed by atoms with van der Waals surface area (Å²) in [5.41, 5.74) is 2.17. The predicted molar refractivity (Wildman–Crippen MR) is 91.0 cm³/mol. The van der Waals surface area contributed by atoms with E-state index in [9.17, 15) is 0 Å². The van der Waals surface area contributed by atoms with Gasteiger partial charge < -0.3 is 9.47 Å². The monoisotopic (exact) mass is 368 g/mol. The molecule has 0 aliphatic heterocycles. The van der Waals surface area contributed by atoms with E-state index in [1.165, 1.54) is 0 Å². The number of hydrogen-bond acceptors (Lipinski definition) is 2. The Labute approximate surface area is 139 Å². The summed E-state index contributed by atoms with van der Waals surface area (Å²) in [6, 6.07) is 13.7. The van der Waals surface area contributed by atoms with Crippen LogP contribution < -0.4 is 9.47 Å². The van der Waals surface area contributed by atoms with E-state index in [0.717, 1.165) is 22.6 Å². The van der Waals surface area contributed by atoms with E-state index in [4.69, 9.17) is 21.1 Å². The Hall–Kier alpha value is -1.19. The molecule has 0 fully saturated rings. The Morgan fingerprint density at radius 1 is 1.05 bits per heavy atom. The van der Waals surface area contributed by atoms with Crippen LogP contribution in [0.1, 0.15) is 29.8 Å². The van der Waals surface area contributed by atoms with Crippen molar-refractivity contribution in [3.63, 3.8) is 0 Å². The van der Waals surface area contributed by atoms with Crippen molar-refractivity contribution in [3.8, 4) is 11.5 Å². The molecule has 112 valence electrons. The normalized spacial score (nSPS) is 12.3. The third kappa shape index (κ3) is 4.14. The summed E-state index contributed by atoms with van der Waals surface area (Å²) in [5, 5.41) is 0.663. The molecule has 0 amide bonds. The van der Waals surface area contributed by atoms with Gasteiger partial charge in [0.25, 0.3) is 0 Å². The summed E-state index contributed by atoms with van der Waals surface area (Å²) in [7, 11) is 1.65. The van der Waals surface area contributed by atoms with E-state index in [-0.39, 0.29) is 10.9 Å². The van der Waals surface area contributed by atoms with Gasteiger partial charge in [-0.05, 0) is 43.7 Å². The first-order valence-corrected chi connectivity index (χ1v) is 8.04. The molecular weight excluding hydrogens is 352 g/mol. The molecule has 0 aliphatic carbocycles. The second kappa shape index (κ2) is 7.19. The van der Waals surface area contributed by atoms with E-state index >= 15 is 0 Å². The first kappa shape index (κ1) is 16.2. The van der Waals surface area contributed by atoms with Crippen LogP contribution in [-0.2, 0) is 0 Å². The maximum atomic E-state index is 6.00. The summed E-state index contributed by atoms with van der Waals surface area (Å²) in [4.78, 5) is 0.0396. The molecule has 0 aromatic heterocycles. The largest absolute Gasteiger partial charge is 0.496 e. The zero-order valence-electron chi connectivity index (χ0n) is 12.3. The van der Waals surface area contributed by atoms with Gasteiger partial charge in [-0.2, -0.15) is 0 Å². The smallest absolute Gasteiger partial charge is 0.125 e. The van der Waals surface area contributed by atoms with Crippen molar-refractivity contribution in [1.29, 1.82) is 0 Å². The fourth-order valence-corrected chi connectivity index (χ4v) is 2.91. The maximum Gasteiger partial charge on any atom is 0.125 e. The zero-order chi connectivity index (χ0) is 15.4. The van der Waals surface area contributed by atoms with Crippen LogP contribution in [0.4, 0.5) is 0 Å². The summed E-state index contributed by atoms with van der Waals surface area (Å²) >= 11 is 9.73. The summed E-state index contributed by atoms with van der Waals surface area (Å²) < 4.78 is 11.1. The van der Waals surface area contributed by atoms with Crippen molar-refractivity contribution in [3.05, 3.63) is 58.6 Å². The van der Waals surface area contributed by atoms with E-state index in [1.807, 2.05) is 56.3 Å². The van der Waals surface area contributed by atoms with Crippen LogP contribution in [0.2, 0.25) is 5.02 Å². The molecule has 0 bridgehead atoms. The quantitative estimate of drug-likeness (QED) is 0.637. The number of ether oxygens (including phenoxy) is 2. The van der Waals surface area contributed by atoms with Gasteiger partial charge in [0, 0.05) is 10.6 Å². The Morgan fingerprint density at radius 2 is 1.71 bits per heavy atom. The van der Waals surface area contributed by atoms with E-state index in [0.29, 0.717) is 5.02 Å². The lowest BCUT2D eigenvalue weighted by molar-refractivity contribution is 0.242. The Balaban J connectivity index is 2.25. The second-order valence-corrected chi connectivity index (χ2v) is 6.34. The highest BCUT2D eigenvalue weighted by molar-refractivity contribution is 9.09. The molecule has 0 aliphatic rings. The molecule has 0 N–H and O–H groups in total. The molecule has 2 aromatic carbocycles. The lowest BCUT2D eigenvalue weighted by atomic mass is 10.0. The minimum Gasteiger partial charge on any atom is -0.496 e. The van der Waals surface area contributed by atoms with Gasteiger partial charge in [0.2, 0.25) is 0 Å². The molecule has 0 saturated carbocycles. The summed E-state index contributed by atoms with van der Waals surface area (Å²) in [6.45, 7) is 4.03. The molecule has 21 heavy (non-hydrogen) atoms. The first-order valence-electron chi connectivity index (χ1n) is 6.75. The number of halogens is 2. The van der Waals surface area contributed by atoms with E-state index in [2.05, 4.69) is 15.9 Å². The third-order valence-corrected chi connectivity index (χ3v) is 4.27. The molecule has 4 heteroatoms. The van der Waals surface area contributed by atoms with Crippen molar-refractivity contribution in [2.24, 2.45) is 0 Å². The fraction of sp³-hybridized carbons (Fsp3) is 0.294. The molecule has 2 rings (SSSR count). The van der Waals surface area contributed by atoms with Crippen LogP contribution in [0.3, 0.4) is 0 Å². The lowest BCUT2D eigenvalue weighted by Crippen LogP contribution is -2.05. The standard InChI is InChI=1S/C17H18BrClO2/c1-11(2)21-14-7-4-12(5-8-14)17(18)15-9-6-13(19)10-16(15)20-3/h4-11,17H,1-3H3. The average Bonchev–Trinajstić information content (AvgIpc) is 2.46. The average molecular weight is 370 g/mol. The van der Waals surface area contributed by atoms with Crippen LogP contribution in [0.25, 0.3) is 0 Å². The summed E-state index contributed by atoms with van der Waals surface area (Å²) in [5.74, 6) is 1.64. The fourth-order valence-electron chi connectivity index (χ4n) is 2.06. The summed E-state index contributed by atoms with van der Waals surface area (Å²) in [6.07, 6.45) is 0.173. The first-order chi connectivity index (χ1) is 10.0. The van der Waals surface area contributed by atoms with E-state index < -0.39 is 0 Å². The van der Waals surface area contributed by atoms with Gasteiger partial charge in [-0.1, -0.05) is 45.7 Å². The van der Waals surface area contributed by atoms with Crippen molar-refractivity contribution in [1.82, 2.24) is 0 Å². The van der Waals surface area contributed by atoms with Crippen LogP contribution >= 0.6 is 27.5 Å². The number of benzene rings is 2. The Kier molecular flexibility index (Phi) is 5.54.